The van der Waals surface area contributed by atoms with Crippen molar-refractivity contribution in [2.45, 2.75) is 6.92 Å². The minimum atomic E-state index is -1.13. The first kappa shape index (κ1) is 14.4. The summed E-state index contributed by atoms with van der Waals surface area (Å²) in [4.78, 5) is 29.6. The monoisotopic (exact) mass is 313 g/mol. The van der Waals surface area contributed by atoms with Crippen molar-refractivity contribution >= 4 is 40.8 Å². The molecule has 8 heteroatoms. The number of aromatic carboxylic acids is 1. The van der Waals surface area contributed by atoms with Crippen molar-refractivity contribution in [1.29, 1.82) is 0 Å². The van der Waals surface area contributed by atoms with Crippen molar-refractivity contribution in [3.8, 4) is 0 Å². The van der Waals surface area contributed by atoms with Crippen LogP contribution in [0.25, 0.3) is 0 Å². The van der Waals surface area contributed by atoms with Crippen molar-refractivity contribution in [3.05, 3.63) is 45.5 Å². The lowest BCUT2D eigenvalue weighted by molar-refractivity contribution is 0.0697. The number of carboxylic acid groups (broad SMARTS) is 1. The second-order valence-electron chi connectivity index (χ2n) is 3.96. The van der Waals surface area contributed by atoms with Gasteiger partial charge in [-0.2, -0.15) is 0 Å². The first-order chi connectivity index (χ1) is 9.38. The van der Waals surface area contributed by atoms with Crippen LogP contribution in [0.3, 0.4) is 0 Å². The molecule has 0 saturated heterocycles. The molecular weight excluding hydrogens is 305 g/mol. The predicted octanol–water partition coefficient (Wildman–Crippen LogP) is 2.98. The molecule has 0 unspecified atom stereocenters. The molecule has 3 N–H and O–H groups in total. The Bertz CT molecular complexity index is 677. The Morgan fingerprint density at radius 3 is 2.45 bits per heavy atom. The molecule has 0 aliphatic carbocycles. The fraction of sp³-hybridized carbons (Fsp3) is 0.0833. The van der Waals surface area contributed by atoms with Gasteiger partial charge in [0.1, 0.15) is 15.9 Å². The van der Waals surface area contributed by atoms with E-state index in [1.165, 1.54) is 18.3 Å². The summed E-state index contributed by atoms with van der Waals surface area (Å²) in [6, 6.07) is 2.67. The molecule has 20 heavy (non-hydrogen) atoms. The number of H-pyrrole nitrogens is 1. The molecule has 1 amide bonds. The van der Waals surface area contributed by atoms with E-state index in [1.54, 1.807) is 6.92 Å². The molecule has 2 heterocycles. The summed E-state index contributed by atoms with van der Waals surface area (Å²) in [5.74, 6) is -1.66. The Morgan fingerprint density at radius 1 is 1.30 bits per heavy atom. The lowest BCUT2D eigenvalue weighted by Gasteiger charge is -2.05. The van der Waals surface area contributed by atoms with Gasteiger partial charge in [0.15, 0.2) is 0 Å². The van der Waals surface area contributed by atoms with Crippen LogP contribution in [0.4, 0.5) is 5.69 Å². The van der Waals surface area contributed by atoms with E-state index in [9.17, 15) is 9.59 Å². The van der Waals surface area contributed by atoms with Crippen LogP contribution in [0.1, 0.15) is 26.4 Å². The molecule has 6 nitrogen and oxygen atoms in total. The summed E-state index contributed by atoms with van der Waals surface area (Å²) in [6.07, 6.45) is 1.40. The molecule has 104 valence electrons. The third-order valence-electron chi connectivity index (χ3n) is 2.56. The maximum atomic E-state index is 12.0. The number of pyridine rings is 1. The Labute approximate surface area is 123 Å². The van der Waals surface area contributed by atoms with E-state index in [2.05, 4.69) is 15.3 Å². The van der Waals surface area contributed by atoms with Crippen LogP contribution in [-0.2, 0) is 0 Å². The maximum absolute atomic E-state index is 12.0. The summed E-state index contributed by atoms with van der Waals surface area (Å²) in [6.45, 7) is 1.60. The maximum Gasteiger partial charge on any atom is 0.339 e. The smallest absolute Gasteiger partial charge is 0.339 e. The zero-order chi connectivity index (χ0) is 14.9. The van der Waals surface area contributed by atoms with Gasteiger partial charge in [0, 0.05) is 17.5 Å². The van der Waals surface area contributed by atoms with E-state index < -0.39 is 11.9 Å². The Kier molecular flexibility index (Phi) is 3.96. The third-order valence-corrected chi connectivity index (χ3v) is 2.95. The molecule has 0 aliphatic rings. The average molecular weight is 314 g/mol. The number of hydrogen-bond acceptors (Lipinski definition) is 3. The molecule has 0 radical (unpaired) electrons. The Balaban J connectivity index is 2.30. The summed E-state index contributed by atoms with van der Waals surface area (Å²) in [5, 5.41) is 11.7. The molecule has 0 aliphatic heterocycles. The van der Waals surface area contributed by atoms with E-state index in [0.717, 1.165) is 0 Å². The van der Waals surface area contributed by atoms with Crippen molar-refractivity contribution in [2.75, 3.05) is 5.32 Å². The van der Waals surface area contributed by atoms with E-state index >= 15 is 0 Å². The van der Waals surface area contributed by atoms with Crippen LogP contribution in [0.15, 0.2) is 18.3 Å². The number of aromatic nitrogens is 2. The minimum Gasteiger partial charge on any atom is -0.478 e. The zero-order valence-electron chi connectivity index (χ0n) is 10.2. The highest BCUT2D eigenvalue weighted by atomic mass is 35.5. The number of rotatable bonds is 3. The number of aryl methyl sites for hydroxylation is 1. The number of carbonyl (C=O) groups excluding carboxylic acids is 1. The van der Waals surface area contributed by atoms with Gasteiger partial charge in [-0.3, -0.25) is 4.79 Å². The van der Waals surface area contributed by atoms with Crippen LogP contribution in [0, 0.1) is 6.92 Å². The van der Waals surface area contributed by atoms with Crippen molar-refractivity contribution in [2.24, 2.45) is 0 Å². The topological polar surface area (TPSA) is 95.1 Å². The lowest BCUT2D eigenvalue weighted by Crippen LogP contribution is -2.14. The molecule has 0 aromatic carbocycles. The molecule has 0 spiro atoms. The number of halogens is 2. The van der Waals surface area contributed by atoms with Crippen LogP contribution in [0.2, 0.25) is 10.3 Å². The largest absolute Gasteiger partial charge is 0.478 e. The van der Waals surface area contributed by atoms with E-state index in [-0.39, 0.29) is 27.1 Å². The highest BCUT2D eigenvalue weighted by Crippen LogP contribution is 2.21. The van der Waals surface area contributed by atoms with Crippen LogP contribution in [0.5, 0.6) is 0 Å². The number of nitrogens with one attached hydrogen (secondary N) is 2. The molecule has 0 saturated carbocycles. The molecular formula is C12H9Cl2N3O3. The number of hydrogen-bond donors (Lipinski definition) is 3. The molecule has 2 aromatic heterocycles. The van der Waals surface area contributed by atoms with Crippen molar-refractivity contribution in [1.82, 2.24) is 9.97 Å². The quantitative estimate of drug-likeness (QED) is 0.759. The SMILES string of the molecule is Cc1[nH]cc(NC(=O)c2cc(Cl)nc(Cl)c2)c1C(=O)O. The summed E-state index contributed by atoms with van der Waals surface area (Å²) in [5.41, 5.74) is 0.803. The highest BCUT2D eigenvalue weighted by molar-refractivity contribution is 6.33. The Hall–Kier alpha value is -2.05. The fourth-order valence-electron chi connectivity index (χ4n) is 1.69. The number of amides is 1. The molecule has 2 aromatic rings. The van der Waals surface area contributed by atoms with Crippen molar-refractivity contribution in [3.63, 3.8) is 0 Å². The van der Waals surface area contributed by atoms with Gasteiger partial charge >= 0.3 is 5.97 Å². The van der Waals surface area contributed by atoms with E-state index in [0.29, 0.717) is 5.69 Å². The van der Waals surface area contributed by atoms with E-state index in [1.807, 2.05) is 0 Å². The van der Waals surface area contributed by atoms with Gasteiger partial charge in [-0.15, -0.1) is 0 Å². The molecule has 2 rings (SSSR count). The van der Waals surface area contributed by atoms with Gasteiger partial charge in [0.25, 0.3) is 5.91 Å². The van der Waals surface area contributed by atoms with Gasteiger partial charge in [-0.1, -0.05) is 23.2 Å². The minimum absolute atomic E-state index is 0.00426. The predicted molar refractivity (Wildman–Crippen MR) is 74.7 cm³/mol. The molecule has 0 bridgehead atoms. The van der Waals surface area contributed by atoms with Crippen LogP contribution in [-0.4, -0.2) is 27.0 Å². The standard InChI is InChI=1S/C12H9Cl2N3O3/c1-5-10(12(19)20)7(4-15-5)16-11(18)6-2-8(13)17-9(14)3-6/h2-4,15H,1H3,(H,16,18)(H,19,20). The zero-order valence-corrected chi connectivity index (χ0v) is 11.7. The third kappa shape index (κ3) is 2.92. The lowest BCUT2D eigenvalue weighted by atomic mass is 10.2. The summed E-state index contributed by atoms with van der Waals surface area (Å²) in [7, 11) is 0. The summed E-state index contributed by atoms with van der Waals surface area (Å²) < 4.78 is 0. The Morgan fingerprint density at radius 2 is 1.90 bits per heavy atom. The van der Waals surface area contributed by atoms with Crippen molar-refractivity contribution < 1.29 is 14.7 Å². The number of nitrogens with zero attached hydrogens (tertiary/aromatic N) is 1. The highest BCUT2D eigenvalue weighted by Gasteiger charge is 2.18. The number of anilines is 1. The van der Waals surface area contributed by atoms with Gasteiger partial charge in [-0.25, -0.2) is 9.78 Å². The van der Waals surface area contributed by atoms with E-state index in [4.69, 9.17) is 28.3 Å². The molecule has 0 fully saturated rings. The van der Waals surface area contributed by atoms with Crippen LogP contribution >= 0.6 is 23.2 Å². The number of aromatic amines is 1. The molecule has 0 atom stereocenters. The van der Waals surface area contributed by atoms with Gasteiger partial charge in [0.05, 0.1) is 5.69 Å². The second-order valence-corrected chi connectivity index (χ2v) is 4.74. The second kappa shape index (κ2) is 5.52. The fourth-order valence-corrected chi connectivity index (χ4v) is 2.15. The first-order valence-electron chi connectivity index (χ1n) is 5.44. The number of carboxylic acids is 1. The first-order valence-corrected chi connectivity index (χ1v) is 6.20. The van der Waals surface area contributed by atoms with Gasteiger partial charge in [0.2, 0.25) is 0 Å². The van der Waals surface area contributed by atoms with Crippen LogP contribution < -0.4 is 5.32 Å². The average Bonchev–Trinajstić information content (AvgIpc) is 2.69. The van der Waals surface area contributed by atoms with Gasteiger partial charge < -0.3 is 15.4 Å². The van der Waals surface area contributed by atoms with Gasteiger partial charge in [-0.05, 0) is 19.1 Å². The summed E-state index contributed by atoms with van der Waals surface area (Å²) >= 11 is 11.4. The normalized spacial score (nSPS) is 10.3. The number of carbonyl (C=O) groups is 2.